The van der Waals surface area contributed by atoms with Gasteiger partial charge in [0, 0.05) is 12.8 Å². The van der Waals surface area contributed by atoms with Gasteiger partial charge in [-0.05, 0) is 30.5 Å². The maximum Gasteiger partial charge on any atom is 0.243 e. The van der Waals surface area contributed by atoms with Crippen molar-refractivity contribution in [2.75, 3.05) is 19.0 Å². The van der Waals surface area contributed by atoms with Gasteiger partial charge in [-0.1, -0.05) is 31.4 Å². The van der Waals surface area contributed by atoms with Crippen molar-refractivity contribution in [2.45, 2.75) is 50.9 Å². The van der Waals surface area contributed by atoms with Crippen LogP contribution in [0.2, 0.25) is 0 Å². The third kappa shape index (κ3) is 5.40. The molecule has 1 aromatic rings. The number of benzene rings is 1. The third-order valence-electron chi connectivity index (χ3n) is 3.92. The highest BCUT2D eigenvalue weighted by Crippen LogP contribution is 2.22. The normalized spacial score (nSPS) is 17.2. The average molecular weight is 306 g/mol. The van der Waals surface area contributed by atoms with Gasteiger partial charge in [-0.15, -0.1) is 0 Å². The molecule has 1 fully saturated rings. The molecule has 1 atom stereocenters. The standard InChI is InChI=1S/C17H26N2O3/c1-21-12-16(18)17(20)19-14-7-5-6-13(10-14)11-22-15-8-3-2-4-9-15/h5-7,10,15-16H,2-4,8-9,11-12,18H2,1H3,(H,19,20). The Morgan fingerprint density at radius 3 is 2.86 bits per heavy atom. The number of hydrogen-bond acceptors (Lipinski definition) is 4. The van der Waals surface area contributed by atoms with Crippen LogP contribution in [0.5, 0.6) is 0 Å². The van der Waals surface area contributed by atoms with Crippen LogP contribution in [0.15, 0.2) is 24.3 Å². The molecule has 0 heterocycles. The molecule has 22 heavy (non-hydrogen) atoms. The molecule has 122 valence electrons. The first-order valence-corrected chi connectivity index (χ1v) is 7.95. The summed E-state index contributed by atoms with van der Waals surface area (Å²) in [6.45, 7) is 0.787. The van der Waals surface area contributed by atoms with Gasteiger partial charge in [0.25, 0.3) is 0 Å². The molecule has 1 unspecified atom stereocenters. The summed E-state index contributed by atoms with van der Waals surface area (Å²) in [6.07, 6.45) is 6.53. The van der Waals surface area contributed by atoms with Crippen LogP contribution in [0, 0.1) is 0 Å². The Balaban J connectivity index is 1.85. The van der Waals surface area contributed by atoms with E-state index in [-0.39, 0.29) is 12.5 Å². The van der Waals surface area contributed by atoms with Crippen LogP contribution in [-0.2, 0) is 20.9 Å². The summed E-state index contributed by atoms with van der Waals surface area (Å²) >= 11 is 0. The predicted molar refractivity (Wildman–Crippen MR) is 86.6 cm³/mol. The van der Waals surface area contributed by atoms with E-state index in [0.717, 1.165) is 24.1 Å². The maximum absolute atomic E-state index is 11.9. The molecule has 1 aliphatic carbocycles. The van der Waals surface area contributed by atoms with Crippen LogP contribution < -0.4 is 11.1 Å². The number of anilines is 1. The summed E-state index contributed by atoms with van der Waals surface area (Å²) in [5.74, 6) is -0.243. The third-order valence-corrected chi connectivity index (χ3v) is 3.92. The minimum atomic E-state index is -0.660. The summed E-state index contributed by atoms with van der Waals surface area (Å²) in [7, 11) is 1.52. The van der Waals surface area contributed by atoms with Gasteiger partial charge in [0.05, 0.1) is 19.3 Å². The summed E-state index contributed by atoms with van der Waals surface area (Å²) in [5.41, 5.74) is 7.50. The molecule has 1 aromatic carbocycles. The molecule has 5 heteroatoms. The molecule has 0 aliphatic heterocycles. The van der Waals surface area contributed by atoms with Crippen LogP contribution in [-0.4, -0.2) is 31.8 Å². The Morgan fingerprint density at radius 1 is 1.36 bits per heavy atom. The Bertz CT molecular complexity index is 473. The monoisotopic (exact) mass is 306 g/mol. The molecule has 2 rings (SSSR count). The minimum Gasteiger partial charge on any atom is -0.383 e. The van der Waals surface area contributed by atoms with Gasteiger partial charge in [-0.25, -0.2) is 0 Å². The van der Waals surface area contributed by atoms with E-state index in [2.05, 4.69) is 5.32 Å². The quantitative estimate of drug-likeness (QED) is 0.811. The number of amides is 1. The predicted octanol–water partition coefficient (Wildman–Crippen LogP) is 2.45. The van der Waals surface area contributed by atoms with Crippen molar-refractivity contribution < 1.29 is 14.3 Å². The van der Waals surface area contributed by atoms with Gasteiger partial charge in [0.1, 0.15) is 6.04 Å². The van der Waals surface area contributed by atoms with Gasteiger partial charge in [0.2, 0.25) is 5.91 Å². The Hall–Kier alpha value is -1.43. The van der Waals surface area contributed by atoms with Crippen molar-refractivity contribution in [1.82, 2.24) is 0 Å². The van der Waals surface area contributed by atoms with Crippen molar-refractivity contribution in [3.63, 3.8) is 0 Å². The topological polar surface area (TPSA) is 73.6 Å². The molecule has 0 radical (unpaired) electrons. The van der Waals surface area contributed by atoms with Crippen molar-refractivity contribution >= 4 is 11.6 Å². The van der Waals surface area contributed by atoms with Crippen LogP contribution in [0.4, 0.5) is 5.69 Å². The highest BCUT2D eigenvalue weighted by molar-refractivity contribution is 5.94. The van der Waals surface area contributed by atoms with E-state index in [9.17, 15) is 4.79 Å². The summed E-state index contributed by atoms with van der Waals surface area (Å²) in [4.78, 5) is 11.9. The fourth-order valence-corrected chi connectivity index (χ4v) is 2.67. The van der Waals surface area contributed by atoms with E-state index in [4.69, 9.17) is 15.2 Å². The second-order valence-corrected chi connectivity index (χ2v) is 5.82. The molecule has 1 aliphatic rings. The lowest BCUT2D eigenvalue weighted by molar-refractivity contribution is -0.118. The molecule has 1 saturated carbocycles. The molecule has 3 N–H and O–H groups in total. The van der Waals surface area contributed by atoms with E-state index in [0.29, 0.717) is 12.7 Å². The number of nitrogens with two attached hydrogens (primary N) is 1. The van der Waals surface area contributed by atoms with Crippen LogP contribution in [0.3, 0.4) is 0 Å². The first-order valence-electron chi connectivity index (χ1n) is 7.95. The van der Waals surface area contributed by atoms with Crippen molar-refractivity contribution in [1.29, 1.82) is 0 Å². The average Bonchev–Trinajstić information content (AvgIpc) is 2.54. The number of nitrogens with one attached hydrogen (secondary N) is 1. The highest BCUT2D eigenvalue weighted by atomic mass is 16.5. The van der Waals surface area contributed by atoms with Gasteiger partial charge < -0.3 is 20.5 Å². The van der Waals surface area contributed by atoms with Gasteiger partial charge in [-0.3, -0.25) is 4.79 Å². The number of hydrogen-bond donors (Lipinski definition) is 2. The van der Waals surface area contributed by atoms with Crippen molar-refractivity contribution in [3.8, 4) is 0 Å². The first-order chi connectivity index (χ1) is 10.7. The largest absolute Gasteiger partial charge is 0.383 e. The number of methoxy groups -OCH3 is 1. The molecule has 0 spiro atoms. The zero-order valence-electron chi connectivity index (χ0n) is 13.2. The molecular formula is C17H26N2O3. The lowest BCUT2D eigenvalue weighted by Crippen LogP contribution is -2.39. The Morgan fingerprint density at radius 2 is 2.14 bits per heavy atom. The zero-order chi connectivity index (χ0) is 15.8. The fraction of sp³-hybridized carbons (Fsp3) is 0.588. The fourth-order valence-electron chi connectivity index (χ4n) is 2.67. The molecule has 0 saturated heterocycles. The summed E-state index contributed by atoms with van der Waals surface area (Å²) < 4.78 is 10.8. The molecule has 1 amide bonds. The van der Waals surface area contributed by atoms with E-state index in [1.807, 2.05) is 24.3 Å². The lowest BCUT2D eigenvalue weighted by Gasteiger charge is -2.22. The van der Waals surface area contributed by atoms with Gasteiger partial charge >= 0.3 is 0 Å². The Kier molecular flexibility index (Phi) is 6.83. The molecular weight excluding hydrogens is 280 g/mol. The lowest BCUT2D eigenvalue weighted by atomic mass is 9.98. The summed E-state index contributed by atoms with van der Waals surface area (Å²) in [5, 5.41) is 2.81. The van der Waals surface area contributed by atoms with Crippen molar-refractivity contribution in [3.05, 3.63) is 29.8 Å². The van der Waals surface area contributed by atoms with E-state index >= 15 is 0 Å². The maximum atomic E-state index is 11.9. The molecule has 5 nitrogen and oxygen atoms in total. The van der Waals surface area contributed by atoms with Crippen LogP contribution in [0.1, 0.15) is 37.7 Å². The smallest absolute Gasteiger partial charge is 0.243 e. The summed E-state index contributed by atoms with van der Waals surface area (Å²) in [6, 6.07) is 7.04. The molecule has 0 bridgehead atoms. The van der Waals surface area contributed by atoms with Crippen LogP contribution >= 0.6 is 0 Å². The van der Waals surface area contributed by atoms with E-state index in [1.165, 1.54) is 26.4 Å². The SMILES string of the molecule is COCC(N)C(=O)Nc1cccc(COC2CCCCC2)c1. The zero-order valence-corrected chi connectivity index (χ0v) is 13.2. The molecule has 0 aromatic heterocycles. The number of ether oxygens (including phenoxy) is 2. The number of rotatable bonds is 7. The second-order valence-electron chi connectivity index (χ2n) is 5.82. The second kappa shape index (κ2) is 8.88. The van der Waals surface area contributed by atoms with E-state index < -0.39 is 6.04 Å². The van der Waals surface area contributed by atoms with Gasteiger partial charge in [-0.2, -0.15) is 0 Å². The highest BCUT2D eigenvalue weighted by Gasteiger charge is 2.15. The van der Waals surface area contributed by atoms with Gasteiger partial charge in [0.15, 0.2) is 0 Å². The van der Waals surface area contributed by atoms with Crippen molar-refractivity contribution in [2.24, 2.45) is 5.73 Å². The first kappa shape index (κ1) is 16.9. The van der Waals surface area contributed by atoms with Crippen LogP contribution in [0.25, 0.3) is 0 Å². The Labute approximate surface area is 132 Å². The number of carbonyl (C=O) groups is 1. The minimum absolute atomic E-state index is 0.205. The van der Waals surface area contributed by atoms with E-state index in [1.54, 1.807) is 0 Å². The number of carbonyl (C=O) groups excluding carboxylic acids is 1.